The maximum atomic E-state index is 12.3. The summed E-state index contributed by atoms with van der Waals surface area (Å²) in [5.74, 6) is 0.0135. The molecule has 0 aliphatic rings. The minimum Gasteiger partial charge on any atom is -0.396 e. The summed E-state index contributed by atoms with van der Waals surface area (Å²) in [5, 5.41) is 8.45. The van der Waals surface area contributed by atoms with Gasteiger partial charge in [-0.2, -0.15) is 4.36 Å². The van der Waals surface area contributed by atoms with Gasteiger partial charge in [0.05, 0.1) is 15.0 Å². The van der Waals surface area contributed by atoms with Gasteiger partial charge >= 0.3 is 0 Å². The highest BCUT2D eigenvalue weighted by atomic mass is 32.2. The van der Waals surface area contributed by atoms with Crippen molar-refractivity contribution in [1.29, 1.82) is 0 Å². The van der Waals surface area contributed by atoms with Gasteiger partial charge in [0.25, 0.3) is 5.91 Å². The molecule has 0 heterocycles. The lowest BCUT2D eigenvalue weighted by Crippen LogP contribution is -2.23. The minimum absolute atomic E-state index is 0.0408. The van der Waals surface area contributed by atoms with Crippen LogP contribution in [0.25, 0.3) is 0 Å². The molecule has 4 nitrogen and oxygen atoms in total. The zero-order chi connectivity index (χ0) is 15.9. The van der Waals surface area contributed by atoms with Crippen LogP contribution in [0.5, 0.6) is 0 Å². The summed E-state index contributed by atoms with van der Waals surface area (Å²) in [6.07, 6.45) is 1.87. The van der Waals surface area contributed by atoms with E-state index in [4.69, 9.17) is 5.11 Å². The van der Waals surface area contributed by atoms with Gasteiger partial charge in [0.2, 0.25) is 0 Å². The summed E-state index contributed by atoms with van der Waals surface area (Å²) in [7, 11) is -2.56. The molecular weight excluding hydrogens is 306 g/mol. The van der Waals surface area contributed by atoms with Crippen LogP contribution in [0.3, 0.4) is 0 Å². The predicted molar refractivity (Wildman–Crippen MR) is 89.0 cm³/mol. The molecule has 2 atom stereocenters. The van der Waals surface area contributed by atoms with E-state index in [1.54, 1.807) is 0 Å². The van der Waals surface area contributed by atoms with Crippen LogP contribution < -0.4 is 0 Å². The highest BCUT2D eigenvalue weighted by Crippen LogP contribution is 2.29. The number of amides is 1. The van der Waals surface area contributed by atoms with Crippen molar-refractivity contribution in [3.63, 3.8) is 0 Å². The van der Waals surface area contributed by atoms with Gasteiger partial charge in [-0.25, -0.2) is 4.21 Å². The van der Waals surface area contributed by atoms with Crippen molar-refractivity contribution in [2.24, 2.45) is 10.3 Å². The van der Waals surface area contributed by atoms with E-state index < -0.39 is 9.73 Å². The first-order chi connectivity index (χ1) is 9.85. The Balaban J connectivity index is 2.88. The number of thioether (sulfide) groups is 1. The Hall–Kier alpha value is -0.850. The van der Waals surface area contributed by atoms with Crippen molar-refractivity contribution >= 4 is 27.4 Å². The Morgan fingerprint density at radius 2 is 1.95 bits per heavy atom. The van der Waals surface area contributed by atoms with Crippen molar-refractivity contribution < 1.29 is 14.1 Å². The van der Waals surface area contributed by atoms with E-state index in [-0.39, 0.29) is 29.4 Å². The smallest absolute Gasteiger partial charge is 0.267 e. The largest absolute Gasteiger partial charge is 0.396 e. The predicted octanol–water partition coefficient (Wildman–Crippen LogP) is 2.81. The monoisotopic (exact) mass is 329 g/mol. The van der Waals surface area contributed by atoms with Gasteiger partial charge in [-0.15, -0.1) is 11.8 Å². The molecule has 0 saturated carbocycles. The molecule has 0 bridgehead atoms. The van der Waals surface area contributed by atoms with Crippen LogP contribution in [0.4, 0.5) is 0 Å². The second-order valence-corrected chi connectivity index (χ2v) is 8.99. The number of carbonyl (C=O) groups excluding carboxylic acids is 1. The second kappa shape index (κ2) is 8.56. The Morgan fingerprint density at radius 3 is 2.48 bits per heavy atom. The Labute approximate surface area is 131 Å². The van der Waals surface area contributed by atoms with Crippen LogP contribution in [0.15, 0.2) is 39.6 Å². The third kappa shape index (κ3) is 6.63. The third-order valence-corrected chi connectivity index (χ3v) is 5.98. The van der Waals surface area contributed by atoms with E-state index in [0.29, 0.717) is 6.42 Å². The number of nitrogens with zero attached hydrogens (tertiary/aromatic N) is 1. The van der Waals surface area contributed by atoms with Gasteiger partial charge in [0.15, 0.2) is 0 Å². The molecule has 118 valence electrons. The number of aliphatic hydroxyl groups excluding tert-OH is 1. The van der Waals surface area contributed by atoms with E-state index in [2.05, 4.69) is 4.36 Å². The maximum absolute atomic E-state index is 12.3. The van der Waals surface area contributed by atoms with Crippen LogP contribution in [0.1, 0.15) is 20.3 Å². The molecule has 0 radical (unpaired) electrons. The van der Waals surface area contributed by atoms with Crippen molar-refractivity contribution in [1.82, 2.24) is 0 Å². The van der Waals surface area contributed by atoms with E-state index in [1.807, 2.05) is 44.2 Å². The summed E-state index contributed by atoms with van der Waals surface area (Å²) in [4.78, 5) is 13.3. The SMILES string of the molecule is CC(C)C(Sc1ccccc1)C(=O)N=S(C)(=O)CCCO. The van der Waals surface area contributed by atoms with Gasteiger partial charge < -0.3 is 5.11 Å². The highest BCUT2D eigenvalue weighted by Gasteiger charge is 2.24. The highest BCUT2D eigenvalue weighted by molar-refractivity contribution is 8.00. The number of hydrogen-bond donors (Lipinski definition) is 1. The van der Waals surface area contributed by atoms with E-state index >= 15 is 0 Å². The van der Waals surface area contributed by atoms with E-state index in [0.717, 1.165) is 4.90 Å². The summed E-state index contributed by atoms with van der Waals surface area (Å²) >= 11 is 1.45. The molecule has 1 aromatic carbocycles. The van der Waals surface area contributed by atoms with Crippen LogP contribution in [-0.4, -0.2) is 39.1 Å². The van der Waals surface area contributed by atoms with Gasteiger partial charge in [-0.1, -0.05) is 32.0 Å². The quantitative estimate of drug-likeness (QED) is 0.781. The first-order valence-corrected chi connectivity index (χ1v) is 9.89. The first-order valence-electron chi connectivity index (χ1n) is 6.92. The molecule has 0 aliphatic carbocycles. The molecule has 0 aromatic heterocycles. The molecule has 6 heteroatoms. The molecule has 2 unspecified atom stereocenters. The third-order valence-electron chi connectivity index (χ3n) is 2.82. The Bertz CT molecular complexity index is 564. The average Bonchev–Trinajstić information content (AvgIpc) is 2.43. The molecule has 1 amide bonds. The van der Waals surface area contributed by atoms with E-state index in [9.17, 15) is 9.00 Å². The van der Waals surface area contributed by atoms with Crippen molar-refractivity contribution in [3.8, 4) is 0 Å². The average molecular weight is 329 g/mol. The Morgan fingerprint density at radius 1 is 1.33 bits per heavy atom. The van der Waals surface area contributed by atoms with Crippen molar-refractivity contribution in [2.75, 3.05) is 18.6 Å². The normalized spacial score (nSPS) is 15.5. The number of carbonyl (C=O) groups is 1. The number of hydrogen-bond acceptors (Lipinski definition) is 4. The molecule has 1 rings (SSSR count). The summed E-state index contributed by atoms with van der Waals surface area (Å²) in [6.45, 7) is 3.87. The van der Waals surface area contributed by atoms with E-state index in [1.165, 1.54) is 18.0 Å². The van der Waals surface area contributed by atoms with Gasteiger partial charge in [0.1, 0.15) is 0 Å². The molecule has 21 heavy (non-hydrogen) atoms. The van der Waals surface area contributed by atoms with Crippen molar-refractivity contribution in [2.45, 2.75) is 30.4 Å². The molecule has 0 saturated heterocycles. The topological polar surface area (TPSA) is 66.7 Å². The fourth-order valence-corrected chi connectivity index (χ4v) is 4.09. The minimum atomic E-state index is -2.56. The fraction of sp³-hybridized carbons (Fsp3) is 0.533. The van der Waals surface area contributed by atoms with Crippen LogP contribution >= 0.6 is 11.8 Å². The Kier molecular flexibility index (Phi) is 7.42. The lowest BCUT2D eigenvalue weighted by molar-refractivity contribution is -0.117. The number of rotatable bonds is 7. The summed E-state index contributed by atoms with van der Waals surface area (Å²) in [5.41, 5.74) is 0. The van der Waals surface area contributed by atoms with Gasteiger partial charge in [-0.05, 0) is 24.5 Å². The molecule has 0 aliphatic heterocycles. The van der Waals surface area contributed by atoms with Crippen LogP contribution in [0.2, 0.25) is 0 Å². The zero-order valence-corrected chi connectivity index (χ0v) is 14.3. The van der Waals surface area contributed by atoms with Crippen molar-refractivity contribution in [3.05, 3.63) is 30.3 Å². The molecule has 1 aromatic rings. The van der Waals surface area contributed by atoms with Crippen LogP contribution in [0, 0.1) is 5.92 Å². The molecule has 0 spiro atoms. The summed E-state index contributed by atoms with van der Waals surface area (Å²) in [6, 6.07) is 9.66. The molecular formula is C15H23NO3S2. The number of aliphatic hydroxyl groups is 1. The second-order valence-electron chi connectivity index (χ2n) is 5.27. The molecule has 0 fully saturated rings. The first kappa shape index (κ1) is 18.2. The number of benzene rings is 1. The van der Waals surface area contributed by atoms with Gasteiger partial charge in [-0.3, -0.25) is 4.79 Å². The standard InChI is InChI=1S/C15H23NO3S2/c1-12(2)14(20-13-8-5-4-6-9-13)15(18)16-21(3,19)11-7-10-17/h4-6,8-9,12,14,17H,7,10-11H2,1-3H3. The van der Waals surface area contributed by atoms with Gasteiger partial charge in [0, 0.05) is 23.5 Å². The molecule has 1 N–H and O–H groups in total. The maximum Gasteiger partial charge on any atom is 0.267 e. The fourth-order valence-electron chi connectivity index (χ4n) is 1.74. The lowest BCUT2D eigenvalue weighted by Gasteiger charge is -2.17. The lowest BCUT2D eigenvalue weighted by atomic mass is 10.1. The summed E-state index contributed by atoms with van der Waals surface area (Å²) < 4.78 is 16.1. The van der Waals surface area contributed by atoms with Crippen LogP contribution in [-0.2, 0) is 14.5 Å². The zero-order valence-electron chi connectivity index (χ0n) is 12.7.